The largest absolute Gasteiger partial charge is 0.494 e. The zero-order valence-corrected chi connectivity index (χ0v) is 21.1. The molecule has 0 bridgehead atoms. The topological polar surface area (TPSA) is 41.8 Å². The Hall–Kier alpha value is -2.28. The summed E-state index contributed by atoms with van der Waals surface area (Å²) in [6.45, 7) is 13.5. The quantitative estimate of drug-likeness (QED) is 0.543. The van der Waals surface area contributed by atoms with Crippen LogP contribution in [0.3, 0.4) is 0 Å². The van der Waals surface area contributed by atoms with Crippen molar-refractivity contribution in [3.63, 3.8) is 0 Å². The first kappa shape index (κ1) is 24.4. The lowest BCUT2D eigenvalue weighted by Gasteiger charge is -2.49. The van der Waals surface area contributed by atoms with Crippen molar-refractivity contribution in [3.8, 4) is 17.0 Å². The molecule has 0 saturated carbocycles. The number of rotatable bonds is 5. The van der Waals surface area contributed by atoms with Crippen LogP contribution < -0.4 is 19.9 Å². The van der Waals surface area contributed by atoms with E-state index in [1.54, 1.807) is 11.3 Å². The zero-order chi connectivity index (χ0) is 22.1. The van der Waals surface area contributed by atoms with E-state index in [0.29, 0.717) is 6.61 Å². The number of thiazole rings is 1. The van der Waals surface area contributed by atoms with Gasteiger partial charge in [0.05, 0.1) is 31.1 Å². The minimum atomic E-state index is -0.0171. The molecule has 1 fully saturated rings. The third-order valence-electron chi connectivity index (χ3n) is 5.24. The van der Waals surface area contributed by atoms with Crippen LogP contribution in [-0.4, -0.2) is 35.5 Å². The molecule has 5 nitrogen and oxygen atoms in total. The lowest BCUT2D eigenvalue weighted by Crippen LogP contribution is -2.70. The van der Waals surface area contributed by atoms with Gasteiger partial charge < -0.3 is 15.1 Å². The molecule has 0 atom stereocenters. The molecule has 0 amide bonds. The van der Waals surface area contributed by atoms with Crippen LogP contribution in [0.1, 0.15) is 34.6 Å². The number of aromatic nitrogens is 1. The van der Waals surface area contributed by atoms with Crippen LogP contribution in [0.2, 0.25) is 0 Å². The van der Waals surface area contributed by atoms with Crippen LogP contribution in [-0.2, 0) is 0 Å². The van der Waals surface area contributed by atoms with Gasteiger partial charge in [0.1, 0.15) is 5.75 Å². The third-order valence-corrected chi connectivity index (χ3v) is 6.06. The first-order valence-corrected chi connectivity index (χ1v) is 11.7. The molecular formula is C25H33ClN4OS. The first-order chi connectivity index (χ1) is 14.8. The second-order valence-corrected chi connectivity index (χ2v) is 10.2. The van der Waals surface area contributed by atoms with Crippen LogP contribution in [0.15, 0.2) is 65.0 Å². The van der Waals surface area contributed by atoms with Gasteiger partial charge in [0, 0.05) is 22.0 Å². The summed E-state index contributed by atoms with van der Waals surface area (Å²) in [6.07, 6.45) is 0. The van der Waals surface area contributed by atoms with E-state index in [9.17, 15) is 0 Å². The minimum absolute atomic E-state index is 0. The molecule has 1 aliphatic heterocycles. The molecule has 2 aromatic carbocycles. The summed E-state index contributed by atoms with van der Waals surface area (Å²) < 4.78 is 7.94. The number of benzene rings is 2. The highest BCUT2D eigenvalue weighted by atomic mass is 35.5. The smallest absolute Gasteiger partial charge is 0.209 e. The molecule has 0 radical (unpaired) electrons. The van der Waals surface area contributed by atoms with Gasteiger partial charge in [-0.3, -0.25) is 0 Å². The summed E-state index contributed by atoms with van der Waals surface area (Å²) in [5.41, 5.74) is 3.23. The van der Waals surface area contributed by atoms with Crippen molar-refractivity contribution >= 4 is 29.4 Å². The van der Waals surface area contributed by atoms with Gasteiger partial charge in [-0.25, -0.2) is 9.67 Å². The number of piperazine rings is 1. The summed E-state index contributed by atoms with van der Waals surface area (Å²) in [5.74, 6) is 0.895. The molecule has 1 N–H and O–H groups in total. The molecule has 2 heterocycles. The van der Waals surface area contributed by atoms with Gasteiger partial charge in [0.2, 0.25) is 4.80 Å². The Kier molecular flexibility index (Phi) is 7.38. The predicted molar refractivity (Wildman–Crippen MR) is 137 cm³/mol. The molecule has 0 unspecified atom stereocenters. The second kappa shape index (κ2) is 9.69. The van der Waals surface area contributed by atoms with Crippen LogP contribution in [0, 0.1) is 0 Å². The average molecular weight is 473 g/mol. The van der Waals surface area contributed by atoms with Gasteiger partial charge in [0.15, 0.2) is 0 Å². The van der Waals surface area contributed by atoms with Crippen molar-refractivity contribution in [1.29, 1.82) is 0 Å². The van der Waals surface area contributed by atoms with Crippen LogP contribution >= 0.6 is 23.7 Å². The third kappa shape index (κ3) is 5.55. The number of ether oxygens (including phenoxy) is 1. The highest BCUT2D eigenvalue weighted by molar-refractivity contribution is 7.07. The summed E-state index contributed by atoms with van der Waals surface area (Å²) >= 11 is 1.68. The molecule has 7 heteroatoms. The van der Waals surface area contributed by atoms with Crippen molar-refractivity contribution in [1.82, 2.24) is 9.99 Å². The lowest BCUT2D eigenvalue weighted by molar-refractivity contribution is 0.201. The van der Waals surface area contributed by atoms with E-state index in [-0.39, 0.29) is 23.5 Å². The van der Waals surface area contributed by atoms with E-state index in [1.165, 1.54) is 0 Å². The SMILES string of the molecule is CCOc1ccc(-c2csc(=Nc3ccccc3)n2N2CC(C)(C)NC(C)(C)C2)cc1.Cl. The lowest BCUT2D eigenvalue weighted by atomic mass is 9.92. The Morgan fingerprint density at radius 3 is 2.19 bits per heavy atom. The molecular weight excluding hydrogens is 440 g/mol. The maximum atomic E-state index is 5.64. The van der Waals surface area contributed by atoms with Crippen molar-refractivity contribution in [2.45, 2.75) is 45.7 Å². The molecule has 1 aliphatic rings. The van der Waals surface area contributed by atoms with Gasteiger partial charge in [-0.05, 0) is 71.0 Å². The molecule has 0 aliphatic carbocycles. The van der Waals surface area contributed by atoms with E-state index < -0.39 is 0 Å². The number of para-hydroxylation sites is 1. The highest BCUT2D eigenvalue weighted by Crippen LogP contribution is 2.27. The molecule has 172 valence electrons. The molecule has 4 rings (SSSR count). The molecule has 0 spiro atoms. The monoisotopic (exact) mass is 472 g/mol. The fourth-order valence-corrected chi connectivity index (χ4v) is 5.38. The van der Waals surface area contributed by atoms with Crippen LogP contribution in [0.5, 0.6) is 5.75 Å². The molecule has 1 aromatic heterocycles. The van der Waals surface area contributed by atoms with E-state index in [0.717, 1.165) is 40.6 Å². The zero-order valence-electron chi connectivity index (χ0n) is 19.5. The van der Waals surface area contributed by atoms with E-state index in [2.05, 4.69) is 60.2 Å². The van der Waals surface area contributed by atoms with Crippen molar-refractivity contribution in [3.05, 3.63) is 64.8 Å². The summed E-state index contributed by atoms with van der Waals surface area (Å²) in [7, 11) is 0. The summed E-state index contributed by atoms with van der Waals surface area (Å²) in [5, 5.41) is 8.41. The van der Waals surface area contributed by atoms with Gasteiger partial charge in [-0.2, -0.15) is 0 Å². The van der Waals surface area contributed by atoms with E-state index in [4.69, 9.17) is 9.73 Å². The number of nitrogens with one attached hydrogen (secondary N) is 1. The van der Waals surface area contributed by atoms with Gasteiger partial charge in [-0.1, -0.05) is 18.2 Å². The maximum absolute atomic E-state index is 5.64. The Morgan fingerprint density at radius 2 is 1.59 bits per heavy atom. The Labute approximate surface area is 201 Å². The number of nitrogens with zero attached hydrogens (tertiary/aromatic N) is 3. The number of hydrogen-bond donors (Lipinski definition) is 1. The molecule has 32 heavy (non-hydrogen) atoms. The fourth-order valence-electron chi connectivity index (χ4n) is 4.46. The van der Waals surface area contributed by atoms with Crippen molar-refractivity contribution in [2.75, 3.05) is 24.7 Å². The average Bonchev–Trinajstić information content (AvgIpc) is 3.11. The normalized spacial score (nSPS) is 17.7. The van der Waals surface area contributed by atoms with Crippen molar-refractivity contribution < 1.29 is 4.74 Å². The highest BCUT2D eigenvalue weighted by Gasteiger charge is 2.37. The van der Waals surface area contributed by atoms with E-state index >= 15 is 0 Å². The second-order valence-electron chi connectivity index (χ2n) is 9.34. The predicted octanol–water partition coefficient (Wildman–Crippen LogP) is 5.37. The Balaban J connectivity index is 0.00000289. The standard InChI is InChI=1S/C25H32N4OS.ClH/c1-6-30-21-14-12-19(13-15-21)22-16-31-23(26-20-10-8-7-9-11-20)29(22)28-17-24(2,3)27-25(4,5)18-28;/h7-16,27H,6,17-18H2,1-5H3;1H. The summed E-state index contributed by atoms with van der Waals surface area (Å²) in [6, 6.07) is 18.5. The molecule has 1 saturated heterocycles. The number of hydrogen-bond acceptors (Lipinski definition) is 5. The number of halogens is 1. The van der Waals surface area contributed by atoms with Gasteiger partial charge in [0.25, 0.3) is 0 Å². The van der Waals surface area contributed by atoms with Crippen LogP contribution in [0.25, 0.3) is 11.3 Å². The first-order valence-electron chi connectivity index (χ1n) is 10.8. The minimum Gasteiger partial charge on any atom is -0.494 e. The van der Waals surface area contributed by atoms with Crippen LogP contribution in [0.4, 0.5) is 5.69 Å². The summed E-state index contributed by atoms with van der Waals surface area (Å²) in [4.78, 5) is 5.98. The molecule has 3 aromatic rings. The van der Waals surface area contributed by atoms with Gasteiger partial charge >= 0.3 is 0 Å². The fraction of sp³-hybridized carbons (Fsp3) is 0.400. The Bertz CT molecular complexity index is 1070. The van der Waals surface area contributed by atoms with Crippen molar-refractivity contribution in [2.24, 2.45) is 4.99 Å². The van der Waals surface area contributed by atoms with E-state index in [1.807, 2.05) is 49.4 Å². The Morgan fingerprint density at radius 1 is 0.969 bits per heavy atom. The van der Waals surface area contributed by atoms with Gasteiger partial charge in [-0.15, -0.1) is 23.7 Å². The maximum Gasteiger partial charge on any atom is 0.209 e.